The molecule has 0 saturated carbocycles. The molecule has 0 spiro atoms. The number of nitrogens with zero attached hydrogens (tertiary/aromatic N) is 3. The van der Waals surface area contributed by atoms with Crippen molar-refractivity contribution in [2.75, 3.05) is 0 Å². The first kappa shape index (κ1) is 17.2. The van der Waals surface area contributed by atoms with E-state index in [1.807, 2.05) is 42.5 Å². The SMILES string of the molecule is Fc1ccc(Cn2nc(CNCc3ccco3)c(-c3ccccc3)n2)cc1. The van der Waals surface area contributed by atoms with E-state index in [0.29, 0.717) is 19.6 Å². The Morgan fingerprint density at radius 3 is 2.44 bits per heavy atom. The molecule has 0 aliphatic carbocycles. The van der Waals surface area contributed by atoms with E-state index >= 15 is 0 Å². The van der Waals surface area contributed by atoms with Crippen LogP contribution in [0.3, 0.4) is 0 Å². The van der Waals surface area contributed by atoms with Crippen molar-refractivity contribution < 1.29 is 8.81 Å². The van der Waals surface area contributed by atoms with Crippen molar-refractivity contribution in [3.63, 3.8) is 0 Å². The maximum Gasteiger partial charge on any atom is 0.123 e. The van der Waals surface area contributed by atoms with E-state index < -0.39 is 0 Å². The monoisotopic (exact) mass is 362 g/mol. The van der Waals surface area contributed by atoms with Crippen LogP contribution < -0.4 is 5.32 Å². The van der Waals surface area contributed by atoms with Gasteiger partial charge in [-0.25, -0.2) is 4.39 Å². The molecule has 2 aromatic heterocycles. The van der Waals surface area contributed by atoms with Gasteiger partial charge >= 0.3 is 0 Å². The second-order valence-electron chi connectivity index (χ2n) is 6.20. The van der Waals surface area contributed by atoms with Gasteiger partial charge in [0, 0.05) is 12.1 Å². The van der Waals surface area contributed by atoms with Gasteiger partial charge in [-0.15, -0.1) is 0 Å². The molecule has 2 aromatic carbocycles. The van der Waals surface area contributed by atoms with Crippen LogP contribution in [0.4, 0.5) is 4.39 Å². The van der Waals surface area contributed by atoms with E-state index in [0.717, 1.165) is 28.3 Å². The molecule has 0 atom stereocenters. The Labute approximate surface area is 156 Å². The number of hydrogen-bond acceptors (Lipinski definition) is 4. The second-order valence-corrected chi connectivity index (χ2v) is 6.20. The minimum absolute atomic E-state index is 0.250. The molecular weight excluding hydrogens is 343 g/mol. The third-order valence-electron chi connectivity index (χ3n) is 4.18. The van der Waals surface area contributed by atoms with Crippen LogP contribution >= 0.6 is 0 Å². The number of furan rings is 1. The fraction of sp³-hybridized carbons (Fsp3) is 0.143. The largest absolute Gasteiger partial charge is 0.468 e. The highest BCUT2D eigenvalue weighted by atomic mass is 19.1. The highest BCUT2D eigenvalue weighted by Gasteiger charge is 2.13. The van der Waals surface area contributed by atoms with Crippen LogP contribution in [0.1, 0.15) is 17.0 Å². The van der Waals surface area contributed by atoms with Crippen LogP contribution in [0.5, 0.6) is 0 Å². The zero-order valence-electron chi connectivity index (χ0n) is 14.7. The minimum Gasteiger partial charge on any atom is -0.468 e. The zero-order chi connectivity index (χ0) is 18.5. The number of benzene rings is 2. The summed E-state index contributed by atoms with van der Waals surface area (Å²) in [6.07, 6.45) is 1.66. The van der Waals surface area contributed by atoms with Crippen molar-refractivity contribution in [2.24, 2.45) is 0 Å². The molecule has 0 aliphatic rings. The summed E-state index contributed by atoms with van der Waals surface area (Å²) in [5.74, 6) is 0.620. The second kappa shape index (κ2) is 7.97. The standard InChI is InChI=1S/C21H19FN4O/c22-18-10-8-16(9-11-18)15-26-24-20(14-23-13-19-7-4-12-27-19)21(25-26)17-5-2-1-3-6-17/h1-12,23H,13-15H2. The Hall–Kier alpha value is -3.25. The summed E-state index contributed by atoms with van der Waals surface area (Å²) in [6, 6.07) is 20.1. The van der Waals surface area contributed by atoms with Gasteiger partial charge in [0.15, 0.2) is 0 Å². The van der Waals surface area contributed by atoms with Gasteiger partial charge in [-0.05, 0) is 29.8 Å². The number of hydrogen-bond donors (Lipinski definition) is 1. The summed E-state index contributed by atoms with van der Waals surface area (Å²) in [7, 11) is 0. The average molecular weight is 362 g/mol. The van der Waals surface area contributed by atoms with E-state index in [1.54, 1.807) is 23.2 Å². The summed E-state index contributed by atoms with van der Waals surface area (Å²) in [4.78, 5) is 1.65. The van der Waals surface area contributed by atoms with Crippen LogP contribution in [0.2, 0.25) is 0 Å². The van der Waals surface area contributed by atoms with Gasteiger partial charge < -0.3 is 9.73 Å². The average Bonchev–Trinajstić information content (AvgIpc) is 3.35. The lowest BCUT2D eigenvalue weighted by atomic mass is 10.1. The number of rotatable bonds is 7. The van der Waals surface area contributed by atoms with Gasteiger partial charge in [0.2, 0.25) is 0 Å². The first-order valence-corrected chi connectivity index (χ1v) is 8.75. The number of halogens is 1. The Morgan fingerprint density at radius 1 is 0.889 bits per heavy atom. The lowest BCUT2D eigenvalue weighted by Gasteiger charge is -2.02. The van der Waals surface area contributed by atoms with Gasteiger partial charge in [-0.1, -0.05) is 42.5 Å². The Kier molecular flexibility index (Phi) is 5.07. The summed E-state index contributed by atoms with van der Waals surface area (Å²) < 4.78 is 18.5. The highest BCUT2D eigenvalue weighted by Crippen LogP contribution is 2.20. The summed E-state index contributed by atoms with van der Waals surface area (Å²) in [6.45, 7) is 1.67. The molecule has 4 rings (SSSR count). The molecule has 6 heteroatoms. The molecule has 0 saturated heterocycles. The molecule has 4 aromatic rings. The van der Waals surface area contributed by atoms with Gasteiger partial charge in [-0.3, -0.25) is 0 Å². The fourth-order valence-electron chi connectivity index (χ4n) is 2.86. The van der Waals surface area contributed by atoms with E-state index in [4.69, 9.17) is 4.42 Å². The first-order chi connectivity index (χ1) is 13.3. The summed E-state index contributed by atoms with van der Waals surface area (Å²) >= 11 is 0. The van der Waals surface area contributed by atoms with Crippen LogP contribution in [-0.2, 0) is 19.6 Å². The van der Waals surface area contributed by atoms with Crippen LogP contribution in [-0.4, -0.2) is 15.0 Å². The van der Waals surface area contributed by atoms with Crippen molar-refractivity contribution in [3.8, 4) is 11.3 Å². The van der Waals surface area contributed by atoms with E-state index in [9.17, 15) is 4.39 Å². The maximum absolute atomic E-state index is 13.1. The van der Waals surface area contributed by atoms with E-state index in [1.165, 1.54) is 12.1 Å². The van der Waals surface area contributed by atoms with Crippen LogP contribution in [0.25, 0.3) is 11.3 Å². The fourth-order valence-corrected chi connectivity index (χ4v) is 2.86. The predicted molar refractivity (Wildman–Crippen MR) is 100 cm³/mol. The molecule has 0 aliphatic heterocycles. The smallest absolute Gasteiger partial charge is 0.123 e. The van der Waals surface area contributed by atoms with E-state index in [2.05, 4.69) is 15.5 Å². The predicted octanol–water partition coefficient (Wildman–Crippen LogP) is 4.02. The Morgan fingerprint density at radius 2 is 1.70 bits per heavy atom. The zero-order valence-corrected chi connectivity index (χ0v) is 14.7. The summed E-state index contributed by atoms with van der Waals surface area (Å²) in [5, 5.41) is 12.6. The third-order valence-corrected chi connectivity index (χ3v) is 4.18. The van der Waals surface area contributed by atoms with E-state index in [-0.39, 0.29) is 5.82 Å². The molecule has 0 bridgehead atoms. The molecule has 0 radical (unpaired) electrons. The maximum atomic E-state index is 13.1. The van der Waals surface area contributed by atoms with Crippen molar-refractivity contribution in [1.29, 1.82) is 0 Å². The molecule has 2 heterocycles. The molecule has 0 amide bonds. The molecule has 0 fully saturated rings. The van der Waals surface area contributed by atoms with Crippen LogP contribution in [0, 0.1) is 5.82 Å². The number of aromatic nitrogens is 3. The highest BCUT2D eigenvalue weighted by molar-refractivity contribution is 5.60. The third kappa shape index (κ3) is 4.30. The Balaban J connectivity index is 1.55. The number of nitrogens with one attached hydrogen (secondary N) is 1. The quantitative estimate of drug-likeness (QED) is 0.540. The van der Waals surface area contributed by atoms with Gasteiger partial charge in [-0.2, -0.15) is 15.0 Å². The van der Waals surface area contributed by atoms with Gasteiger partial charge in [0.05, 0.1) is 19.4 Å². The minimum atomic E-state index is -0.250. The van der Waals surface area contributed by atoms with Crippen LogP contribution in [0.15, 0.2) is 77.4 Å². The first-order valence-electron chi connectivity index (χ1n) is 8.75. The molecule has 0 unspecified atom stereocenters. The Bertz CT molecular complexity index is 979. The topological polar surface area (TPSA) is 55.9 Å². The normalized spacial score (nSPS) is 11.0. The molecule has 5 nitrogen and oxygen atoms in total. The van der Waals surface area contributed by atoms with Crippen molar-refractivity contribution in [1.82, 2.24) is 20.3 Å². The molecular formula is C21H19FN4O. The molecule has 136 valence electrons. The summed E-state index contributed by atoms with van der Waals surface area (Å²) in [5.41, 5.74) is 3.65. The van der Waals surface area contributed by atoms with Gasteiger partial charge in [0.25, 0.3) is 0 Å². The van der Waals surface area contributed by atoms with Crippen molar-refractivity contribution in [2.45, 2.75) is 19.6 Å². The van der Waals surface area contributed by atoms with Gasteiger partial charge in [0.1, 0.15) is 23.0 Å². The van der Waals surface area contributed by atoms with Crippen molar-refractivity contribution >= 4 is 0 Å². The van der Waals surface area contributed by atoms with Crippen molar-refractivity contribution in [3.05, 3.63) is 95.8 Å². The molecule has 1 N–H and O–H groups in total. The lowest BCUT2D eigenvalue weighted by molar-refractivity contribution is 0.480. The molecule has 27 heavy (non-hydrogen) atoms. The lowest BCUT2D eigenvalue weighted by Crippen LogP contribution is -2.13.